The predicted molar refractivity (Wildman–Crippen MR) is 70.7 cm³/mol. The Hall–Kier alpha value is -0.940. The molecule has 0 radical (unpaired) electrons. The Bertz CT molecular complexity index is 403. The minimum Gasteiger partial charge on any atom is -0.393 e. The molecule has 19 heavy (non-hydrogen) atoms. The molecule has 5 nitrogen and oxygen atoms in total. The second kappa shape index (κ2) is 5.59. The first-order valence-corrected chi connectivity index (χ1v) is 6.96. The van der Waals surface area contributed by atoms with Crippen molar-refractivity contribution >= 4 is 0 Å². The van der Waals surface area contributed by atoms with E-state index in [1.807, 2.05) is 0 Å². The van der Waals surface area contributed by atoms with Crippen molar-refractivity contribution in [2.45, 2.75) is 64.6 Å². The molecular formula is C14H24N2O3. The van der Waals surface area contributed by atoms with Crippen LogP contribution in [0.15, 0.2) is 4.52 Å². The number of aliphatic hydroxyl groups is 1. The van der Waals surface area contributed by atoms with E-state index in [4.69, 9.17) is 9.26 Å². The molecule has 1 unspecified atom stereocenters. The summed E-state index contributed by atoms with van der Waals surface area (Å²) in [5.74, 6) is 1.59. The van der Waals surface area contributed by atoms with E-state index in [-0.39, 0.29) is 23.5 Å². The SMILES string of the molecule is COC(c1noc(C2CCC(O)CC2)n1)C(C)(C)C. The summed E-state index contributed by atoms with van der Waals surface area (Å²) in [4.78, 5) is 4.51. The summed E-state index contributed by atoms with van der Waals surface area (Å²) in [6.07, 6.45) is 3.12. The van der Waals surface area contributed by atoms with Gasteiger partial charge in [-0.05, 0) is 31.1 Å². The molecule has 1 aromatic rings. The maximum Gasteiger partial charge on any atom is 0.229 e. The number of rotatable bonds is 3. The Morgan fingerprint density at radius 3 is 2.42 bits per heavy atom. The average molecular weight is 268 g/mol. The molecule has 0 spiro atoms. The number of aromatic nitrogens is 2. The van der Waals surface area contributed by atoms with Gasteiger partial charge in [-0.3, -0.25) is 0 Å². The fourth-order valence-electron chi connectivity index (χ4n) is 2.69. The van der Waals surface area contributed by atoms with Crippen LogP contribution < -0.4 is 0 Å². The second-order valence-electron chi connectivity index (χ2n) is 6.48. The molecule has 1 N–H and O–H groups in total. The third-order valence-corrected chi connectivity index (χ3v) is 3.76. The van der Waals surface area contributed by atoms with Crippen LogP contribution in [0.2, 0.25) is 0 Å². The predicted octanol–water partition coefficient (Wildman–Crippen LogP) is 2.82. The van der Waals surface area contributed by atoms with Gasteiger partial charge in [0.05, 0.1) is 6.10 Å². The van der Waals surface area contributed by atoms with Gasteiger partial charge in [0, 0.05) is 13.0 Å². The number of methoxy groups -OCH3 is 1. The molecule has 0 bridgehead atoms. The van der Waals surface area contributed by atoms with E-state index in [0.717, 1.165) is 25.7 Å². The summed E-state index contributed by atoms with van der Waals surface area (Å²) in [5.41, 5.74) is -0.0708. The molecule has 1 aromatic heterocycles. The maximum atomic E-state index is 9.53. The highest BCUT2D eigenvalue weighted by Gasteiger charge is 2.32. The Labute approximate surface area is 114 Å². The number of aliphatic hydroxyl groups excluding tert-OH is 1. The summed E-state index contributed by atoms with van der Waals surface area (Å²) < 4.78 is 10.9. The Kier molecular flexibility index (Phi) is 4.26. The fraction of sp³-hybridized carbons (Fsp3) is 0.857. The van der Waals surface area contributed by atoms with Gasteiger partial charge >= 0.3 is 0 Å². The molecule has 1 saturated carbocycles. The number of ether oxygens (including phenoxy) is 1. The summed E-state index contributed by atoms with van der Waals surface area (Å²) >= 11 is 0. The van der Waals surface area contributed by atoms with Gasteiger partial charge in [-0.25, -0.2) is 0 Å². The van der Waals surface area contributed by atoms with Crippen LogP contribution in [0, 0.1) is 5.41 Å². The monoisotopic (exact) mass is 268 g/mol. The van der Waals surface area contributed by atoms with Crippen LogP contribution in [-0.4, -0.2) is 28.5 Å². The van der Waals surface area contributed by atoms with Crippen molar-refractivity contribution in [1.29, 1.82) is 0 Å². The third kappa shape index (κ3) is 3.34. The molecule has 0 aliphatic heterocycles. The van der Waals surface area contributed by atoms with Gasteiger partial charge in [-0.2, -0.15) is 4.98 Å². The summed E-state index contributed by atoms with van der Waals surface area (Å²) in [5, 5.41) is 13.6. The molecule has 1 heterocycles. The van der Waals surface area contributed by atoms with Gasteiger partial charge in [-0.1, -0.05) is 25.9 Å². The highest BCUT2D eigenvalue weighted by atomic mass is 16.5. The number of hydrogen-bond acceptors (Lipinski definition) is 5. The first kappa shape index (κ1) is 14.5. The van der Waals surface area contributed by atoms with E-state index < -0.39 is 0 Å². The topological polar surface area (TPSA) is 68.4 Å². The normalized spacial score (nSPS) is 26.4. The van der Waals surface area contributed by atoms with Crippen LogP contribution >= 0.6 is 0 Å². The smallest absolute Gasteiger partial charge is 0.229 e. The van der Waals surface area contributed by atoms with Crippen LogP contribution in [0.1, 0.15) is 70.2 Å². The van der Waals surface area contributed by atoms with Gasteiger partial charge in [-0.15, -0.1) is 0 Å². The lowest BCUT2D eigenvalue weighted by molar-refractivity contribution is 0.00718. The number of nitrogens with zero attached hydrogens (tertiary/aromatic N) is 2. The van der Waals surface area contributed by atoms with E-state index in [0.29, 0.717) is 11.7 Å². The van der Waals surface area contributed by atoms with Crippen LogP contribution in [-0.2, 0) is 4.74 Å². The second-order valence-corrected chi connectivity index (χ2v) is 6.48. The van der Waals surface area contributed by atoms with Gasteiger partial charge < -0.3 is 14.4 Å². The fourth-order valence-corrected chi connectivity index (χ4v) is 2.69. The van der Waals surface area contributed by atoms with Gasteiger partial charge in [0.1, 0.15) is 6.10 Å². The van der Waals surface area contributed by atoms with E-state index in [1.165, 1.54) is 0 Å². The lowest BCUT2D eigenvalue weighted by Crippen LogP contribution is -2.21. The molecule has 0 amide bonds. The van der Waals surface area contributed by atoms with E-state index in [9.17, 15) is 5.11 Å². The largest absolute Gasteiger partial charge is 0.393 e. The van der Waals surface area contributed by atoms with Crippen molar-refractivity contribution in [3.8, 4) is 0 Å². The molecule has 1 aliphatic rings. The molecular weight excluding hydrogens is 244 g/mol. The Balaban J connectivity index is 2.10. The molecule has 108 valence electrons. The van der Waals surface area contributed by atoms with Crippen molar-refractivity contribution in [2.24, 2.45) is 5.41 Å². The first-order chi connectivity index (χ1) is 8.91. The van der Waals surface area contributed by atoms with Crippen LogP contribution in [0.25, 0.3) is 0 Å². The van der Waals surface area contributed by atoms with Crippen molar-refractivity contribution in [1.82, 2.24) is 10.1 Å². The van der Waals surface area contributed by atoms with E-state index >= 15 is 0 Å². The molecule has 0 aromatic carbocycles. The quantitative estimate of drug-likeness (QED) is 0.913. The van der Waals surface area contributed by atoms with Crippen molar-refractivity contribution in [3.05, 3.63) is 11.7 Å². The Morgan fingerprint density at radius 2 is 1.89 bits per heavy atom. The van der Waals surface area contributed by atoms with E-state index in [2.05, 4.69) is 30.9 Å². The average Bonchev–Trinajstić information content (AvgIpc) is 2.78. The van der Waals surface area contributed by atoms with Crippen LogP contribution in [0.5, 0.6) is 0 Å². The lowest BCUT2D eigenvalue weighted by Gasteiger charge is -2.26. The molecule has 1 aliphatic carbocycles. The van der Waals surface area contributed by atoms with Crippen LogP contribution in [0.4, 0.5) is 0 Å². The van der Waals surface area contributed by atoms with Gasteiger partial charge in [0.25, 0.3) is 0 Å². The van der Waals surface area contributed by atoms with Crippen molar-refractivity contribution in [3.63, 3.8) is 0 Å². The summed E-state index contributed by atoms with van der Waals surface area (Å²) in [6, 6.07) is 0. The zero-order chi connectivity index (χ0) is 14.0. The zero-order valence-electron chi connectivity index (χ0n) is 12.2. The highest BCUT2D eigenvalue weighted by molar-refractivity contribution is 5.01. The van der Waals surface area contributed by atoms with Crippen molar-refractivity contribution in [2.75, 3.05) is 7.11 Å². The maximum absolute atomic E-state index is 9.53. The van der Waals surface area contributed by atoms with Crippen LogP contribution in [0.3, 0.4) is 0 Å². The molecule has 2 rings (SSSR count). The molecule has 1 atom stereocenters. The Morgan fingerprint density at radius 1 is 1.26 bits per heavy atom. The first-order valence-electron chi connectivity index (χ1n) is 6.96. The minimum absolute atomic E-state index is 0.0708. The van der Waals surface area contributed by atoms with Gasteiger partial charge in [0.2, 0.25) is 11.7 Å². The minimum atomic E-state index is -0.167. The summed E-state index contributed by atoms with van der Waals surface area (Å²) in [6.45, 7) is 6.27. The third-order valence-electron chi connectivity index (χ3n) is 3.76. The molecule has 5 heteroatoms. The molecule has 0 saturated heterocycles. The van der Waals surface area contributed by atoms with Gasteiger partial charge in [0.15, 0.2) is 0 Å². The van der Waals surface area contributed by atoms with E-state index in [1.54, 1.807) is 7.11 Å². The summed E-state index contributed by atoms with van der Waals surface area (Å²) in [7, 11) is 1.67. The highest BCUT2D eigenvalue weighted by Crippen LogP contribution is 2.36. The van der Waals surface area contributed by atoms with Crippen molar-refractivity contribution < 1.29 is 14.4 Å². The zero-order valence-corrected chi connectivity index (χ0v) is 12.2. The standard InChI is InChI=1S/C14H24N2O3/c1-14(2,3)11(18-4)12-15-13(19-16-12)9-5-7-10(17)8-6-9/h9-11,17H,5-8H2,1-4H3. The molecule has 1 fully saturated rings. The lowest BCUT2D eigenvalue weighted by atomic mass is 9.87. The number of hydrogen-bond donors (Lipinski definition) is 1.